The van der Waals surface area contributed by atoms with Crippen molar-refractivity contribution in [3.05, 3.63) is 71.3 Å². The van der Waals surface area contributed by atoms with E-state index in [2.05, 4.69) is 55.8 Å². The zero-order valence-electron chi connectivity index (χ0n) is 20.4. The smallest absolute Gasteiger partial charge is 0.251 e. The molecule has 6 nitrogen and oxygen atoms in total. The molecule has 2 aliphatic heterocycles. The predicted molar refractivity (Wildman–Crippen MR) is 150 cm³/mol. The number of halogens is 1. The topological polar surface area (TPSA) is 60.0 Å². The van der Waals surface area contributed by atoms with Crippen LogP contribution in [0.3, 0.4) is 0 Å². The van der Waals surface area contributed by atoms with Crippen LogP contribution in [0.2, 0.25) is 0 Å². The molecule has 0 spiro atoms. The van der Waals surface area contributed by atoms with Gasteiger partial charge in [0.05, 0.1) is 0 Å². The average Bonchev–Trinajstić information content (AvgIpc) is 2.85. The molecule has 34 heavy (non-hydrogen) atoms. The third-order valence-corrected chi connectivity index (χ3v) is 6.93. The lowest BCUT2D eigenvalue weighted by Crippen LogP contribution is -2.56. The summed E-state index contributed by atoms with van der Waals surface area (Å²) in [6.45, 7) is 7.62. The van der Waals surface area contributed by atoms with Gasteiger partial charge in [0, 0.05) is 51.4 Å². The maximum absolute atomic E-state index is 12.0. The Labute approximate surface area is 221 Å². The maximum Gasteiger partial charge on any atom is 0.251 e. The third kappa shape index (κ3) is 6.72. The van der Waals surface area contributed by atoms with Crippen molar-refractivity contribution in [2.24, 2.45) is 10.9 Å². The zero-order valence-corrected chi connectivity index (χ0v) is 22.7. The standard InChI is InChI=1S/C27H37N5O.HI/c1-3-29-26(33)23-13-11-21(12-14-23)18-30-27(28-2)32-17-15-25-24(20-32)10-7-16-31(25)19-22-8-5-4-6-9-22;/h4-6,8-9,11-14,24-25H,3,7,10,15-20H2,1-2H3,(H,28,30)(H,29,33);1H. The summed E-state index contributed by atoms with van der Waals surface area (Å²) < 4.78 is 0. The number of hydrogen-bond acceptors (Lipinski definition) is 3. The molecule has 2 N–H and O–H groups in total. The van der Waals surface area contributed by atoms with E-state index in [1.165, 1.54) is 31.4 Å². The van der Waals surface area contributed by atoms with Crippen molar-refractivity contribution in [3.63, 3.8) is 0 Å². The van der Waals surface area contributed by atoms with E-state index >= 15 is 0 Å². The minimum Gasteiger partial charge on any atom is -0.352 e. The van der Waals surface area contributed by atoms with E-state index in [1.54, 1.807) is 0 Å². The molecule has 4 rings (SSSR count). The van der Waals surface area contributed by atoms with E-state index in [9.17, 15) is 4.79 Å². The summed E-state index contributed by atoms with van der Waals surface area (Å²) in [6, 6.07) is 19.3. The lowest BCUT2D eigenvalue weighted by Gasteiger charge is -2.48. The Balaban J connectivity index is 0.00000324. The molecule has 2 aromatic rings. The molecule has 2 aliphatic rings. The lowest BCUT2D eigenvalue weighted by atomic mass is 9.83. The lowest BCUT2D eigenvalue weighted by molar-refractivity contribution is 0.0372. The van der Waals surface area contributed by atoms with Gasteiger partial charge in [-0.25, -0.2) is 0 Å². The summed E-state index contributed by atoms with van der Waals surface area (Å²) in [4.78, 5) is 21.7. The first-order chi connectivity index (χ1) is 16.2. The van der Waals surface area contributed by atoms with E-state index in [-0.39, 0.29) is 29.9 Å². The molecule has 2 fully saturated rings. The molecule has 2 atom stereocenters. The van der Waals surface area contributed by atoms with Crippen molar-refractivity contribution >= 4 is 35.8 Å². The molecule has 184 valence electrons. The highest BCUT2D eigenvalue weighted by Gasteiger charge is 2.36. The SMILES string of the molecule is CCNC(=O)c1ccc(CNC(=NC)N2CCC3C(CCCN3Cc3ccccc3)C2)cc1.I. The molecule has 2 saturated heterocycles. The number of fused-ring (bicyclic) bond motifs is 1. The molecule has 2 unspecified atom stereocenters. The quantitative estimate of drug-likeness (QED) is 0.309. The fourth-order valence-electron chi connectivity index (χ4n) is 5.26. The number of amides is 1. The Morgan fingerprint density at radius 1 is 1.00 bits per heavy atom. The van der Waals surface area contributed by atoms with Crippen molar-refractivity contribution in [2.45, 2.75) is 45.3 Å². The number of guanidine groups is 1. The number of aliphatic imine (C=N–C) groups is 1. The van der Waals surface area contributed by atoms with Gasteiger partial charge < -0.3 is 15.5 Å². The summed E-state index contributed by atoms with van der Waals surface area (Å²) in [6.07, 6.45) is 3.75. The van der Waals surface area contributed by atoms with E-state index < -0.39 is 0 Å². The highest BCUT2D eigenvalue weighted by Crippen LogP contribution is 2.31. The van der Waals surface area contributed by atoms with Gasteiger partial charge >= 0.3 is 0 Å². The second-order valence-electron chi connectivity index (χ2n) is 9.12. The number of benzene rings is 2. The van der Waals surface area contributed by atoms with Gasteiger partial charge in [-0.05, 0) is 61.9 Å². The van der Waals surface area contributed by atoms with Gasteiger partial charge in [0.15, 0.2) is 5.96 Å². The summed E-state index contributed by atoms with van der Waals surface area (Å²) in [5.74, 6) is 1.64. The number of rotatable bonds is 6. The van der Waals surface area contributed by atoms with Crippen LogP contribution in [0.4, 0.5) is 0 Å². The summed E-state index contributed by atoms with van der Waals surface area (Å²) in [7, 11) is 1.87. The van der Waals surface area contributed by atoms with Crippen LogP contribution in [0.15, 0.2) is 59.6 Å². The van der Waals surface area contributed by atoms with Gasteiger partial charge in [-0.1, -0.05) is 42.5 Å². The first-order valence-electron chi connectivity index (χ1n) is 12.3. The van der Waals surface area contributed by atoms with E-state index in [1.807, 2.05) is 38.2 Å². The summed E-state index contributed by atoms with van der Waals surface area (Å²) in [5.41, 5.74) is 3.26. The Morgan fingerprint density at radius 3 is 2.47 bits per heavy atom. The number of carbonyl (C=O) groups is 1. The number of nitrogens with one attached hydrogen (secondary N) is 2. The predicted octanol–water partition coefficient (Wildman–Crippen LogP) is 4.12. The van der Waals surface area contributed by atoms with E-state index in [0.717, 1.165) is 31.2 Å². The van der Waals surface area contributed by atoms with Crippen molar-refractivity contribution < 1.29 is 4.79 Å². The van der Waals surface area contributed by atoms with Crippen molar-refractivity contribution in [2.75, 3.05) is 33.2 Å². The van der Waals surface area contributed by atoms with Crippen molar-refractivity contribution in [1.82, 2.24) is 20.4 Å². The molecule has 0 aromatic heterocycles. The van der Waals surface area contributed by atoms with Gasteiger partial charge in [-0.3, -0.25) is 14.7 Å². The van der Waals surface area contributed by atoms with Gasteiger partial charge in [0.2, 0.25) is 0 Å². The Kier molecular flexibility index (Phi) is 10.2. The minimum absolute atomic E-state index is 0. The number of nitrogens with zero attached hydrogens (tertiary/aromatic N) is 3. The molecule has 0 bridgehead atoms. The van der Waals surface area contributed by atoms with Crippen LogP contribution in [-0.2, 0) is 13.1 Å². The Bertz CT molecular complexity index is 934. The second-order valence-corrected chi connectivity index (χ2v) is 9.12. The van der Waals surface area contributed by atoms with Crippen LogP contribution in [0.25, 0.3) is 0 Å². The van der Waals surface area contributed by atoms with Crippen LogP contribution in [0.5, 0.6) is 0 Å². The molecule has 7 heteroatoms. The largest absolute Gasteiger partial charge is 0.352 e. The monoisotopic (exact) mass is 575 g/mol. The third-order valence-electron chi connectivity index (χ3n) is 6.93. The van der Waals surface area contributed by atoms with E-state index in [4.69, 9.17) is 0 Å². The number of hydrogen-bond donors (Lipinski definition) is 2. The molecular weight excluding hydrogens is 537 g/mol. The number of piperidine rings is 2. The van der Waals surface area contributed by atoms with Crippen molar-refractivity contribution in [1.29, 1.82) is 0 Å². The zero-order chi connectivity index (χ0) is 23.0. The molecule has 1 amide bonds. The summed E-state index contributed by atoms with van der Waals surface area (Å²) >= 11 is 0. The average molecular weight is 576 g/mol. The Hall–Kier alpha value is -2.13. The number of likely N-dealkylation sites (tertiary alicyclic amines) is 2. The Morgan fingerprint density at radius 2 is 1.76 bits per heavy atom. The molecule has 0 aliphatic carbocycles. The van der Waals surface area contributed by atoms with Crippen LogP contribution in [0, 0.1) is 5.92 Å². The van der Waals surface area contributed by atoms with Crippen LogP contribution >= 0.6 is 24.0 Å². The van der Waals surface area contributed by atoms with Crippen LogP contribution in [0.1, 0.15) is 47.7 Å². The molecule has 0 saturated carbocycles. The first-order valence-corrected chi connectivity index (χ1v) is 12.3. The fraction of sp³-hybridized carbons (Fsp3) is 0.481. The first kappa shape index (κ1) is 26.5. The minimum atomic E-state index is -0.0236. The molecule has 2 aromatic carbocycles. The van der Waals surface area contributed by atoms with E-state index in [0.29, 0.717) is 30.6 Å². The van der Waals surface area contributed by atoms with Gasteiger partial charge in [-0.2, -0.15) is 0 Å². The van der Waals surface area contributed by atoms with Crippen LogP contribution in [-0.4, -0.2) is 60.9 Å². The van der Waals surface area contributed by atoms with Gasteiger partial charge in [0.1, 0.15) is 0 Å². The maximum atomic E-state index is 12.0. The van der Waals surface area contributed by atoms with Gasteiger partial charge in [-0.15, -0.1) is 24.0 Å². The fourth-order valence-corrected chi connectivity index (χ4v) is 5.26. The normalized spacial score (nSPS) is 20.8. The highest BCUT2D eigenvalue weighted by atomic mass is 127. The molecular formula is C27H38IN5O. The molecule has 0 radical (unpaired) electrons. The summed E-state index contributed by atoms with van der Waals surface area (Å²) in [5, 5.41) is 6.38. The van der Waals surface area contributed by atoms with Crippen molar-refractivity contribution in [3.8, 4) is 0 Å². The van der Waals surface area contributed by atoms with Crippen LogP contribution < -0.4 is 10.6 Å². The second kappa shape index (κ2) is 13.1. The highest BCUT2D eigenvalue weighted by molar-refractivity contribution is 14.0. The number of carbonyl (C=O) groups excluding carboxylic acids is 1. The van der Waals surface area contributed by atoms with Gasteiger partial charge in [0.25, 0.3) is 5.91 Å². The molecule has 2 heterocycles.